The monoisotopic (exact) mass is 540 g/mol. The van der Waals surface area contributed by atoms with Crippen LogP contribution in [0, 0.1) is 12.7 Å². The second-order valence-corrected chi connectivity index (χ2v) is 9.96. The zero-order valence-corrected chi connectivity index (χ0v) is 20.9. The number of carbonyl (C=O) groups is 2. The van der Waals surface area contributed by atoms with Crippen molar-refractivity contribution in [2.75, 3.05) is 18.8 Å². The summed E-state index contributed by atoms with van der Waals surface area (Å²) in [6.45, 7) is 5.78. The molecule has 9 nitrogen and oxygen atoms in total. The molecule has 1 aromatic carbocycles. The van der Waals surface area contributed by atoms with E-state index >= 15 is 0 Å². The molecule has 3 N–H and O–H groups in total. The molecule has 0 unspecified atom stereocenters. The molecule has 1 aliphatic heterocycles. The van der Waals surface area contributed by atoms with E-state index in [1.54, 1.807) is 20.8 Å². The lowest BCUT2D eigenvalue weighted by Gasteiger charge is -2.24. The van der Waals surface area contributed by atoms with E-state index in [2.05, 4.69) is 15.4 Å². The third-order valence-electron chi connectivity index (χ3n) is 5.99. The van der Waals surface area contributed by atoms with Crippen LogP contribution in [0.1, 0.15) is 42.3 Å². The number of nitrogens with one attached hydrogen (secondary N) is 1. The summed E-state index contributed by atoms with van der Waals surface area (Å²) < 4.78 is 76.7. The molecule has 38 heavy (non-hydrogen) atoms. The van der Waals surface area contributed by atoms with Crippen molar-refractivity contribution in [1.82, 2.24) is 24.8 Å². The summed E-state index contributed by atoms with van der Waals surface area (Å²) in [7, 11) is 0. The first-order chi connectivity index (χ1) is 17.6. The van der Waals surface area contributed by atoms with Gasteiger partial charge >= 0.3 is 12.3 Å². The second-order valence-electron chi connectivity index (χ2n) is 9.96. The van der Waals surface area contributed by atoms with Gasteiger partial charge < -0.3 is 20.7 Å². The topological polar surface area (TPSA) is 115 Å². The number of hydrogen-bond acceptors (Lipinski definition) is 6. The summed E-state index contributed by atoms with van der Waals surface area (Å²) >= 11 is 0. The quantitative estimate of drug-likeness (QED) is 0.483. The van der Waals surface area contributed by atoms with E-state index in [-0.39, 0.29) is 35.5 Å². The summed E-state index contributed by atoms with van der Waals surface area (Å²) in [4.78, 5) is 30.1. The zero-order chi connectivity index (χ0) is 28.2. The Morgan fingerprint density at radius 3 is 2.47 bits per heavy atom. The van der Waals surface area contributed by atoms with Crippen molar-refractivity contribution in [2.45, 2.75) is 51.7 Å². The van der Waals surface area contributed by atoms with Crippen molar-refractivity contribution in [1.29, 1.82) is 0 Å². The lowest BCUT2D eigenvalue weighted by Crippen LogP contribution is -2.42. The van der Waals surface area contributed by atoms with E-state index in [1.807, 2.05) is 0 Å². The number of nitrogen functional groups attached to an aromatic ring is 1. The minimum absolute atomic E-state index is 0.0968. The van der Waals surface area contributed by atoms with Gasteiger partial charge in [-0.3, -0.25) is 4.79 Å². The number of anilines is 1. The maximum Gasteiger partial charge on any atom is 0.418 e. The van der Waals surface area contributed by atoms with Crippen molar-refractivity contribution in [3.05, 3.63) is 47.0 Å². The number of amides is 2. The summed E-state index contributed by atoms with van der Waals surface area (Å²) in [5.41, 5.74) is 2.60. The van der Waals surface area contributed by atoms with Crippen LogP contribution in [-0.4, -0.2) is 62.4 Å². The highest BCUT2D eigenvalue weighted by molar-refractivity contribution is 5.97. The molecule has 0 bridgehead atoms. The van der Waals surface area contributed by atoms with Gasteiger partial charge in [0.2, 0.25) is 0 Å². The number of halogens is 5. The number of nitrogens with zero attached hydrogens (tertiary/aromatic N) is 4. The molecule has 14 heteroatoms. The molecule has 204 valence electrons. The standard InChI is InChI=1S/C24H25F5N6O3/c1-11-13(21(36)33-17-9-34(8-16(17)26)22(37)38-23(2,3)4)5-12(6-15(11)25)18-7-14(24(27,28)29)19-20(30)31-10-32-35(18)19/h5-7,10,16-17H,8-9H2,1-4H3,(H,33,36)(H2,30,31,32)/t16-,17+/m0/s1. The minimum Gasteiger partial charge on any atom is -0.444 e. The third kappa shape index (κ3) is 5.20. The molecule has 4 rings (SSSR count). The van der Waals surface area contributed by atoms with Gasteiger partial charge in [0.25, 0.3) is 5.91 Å². The number of ether oxygens (including phenoxy) is 1. The SMILES string of the molecule is Cc1c(F)cc(-c2cc(C(F)(F)F)c3c(N)ncnn23)cc1C(=O)N[C@@H]1CN(C(=O)OC(C)(C)C)C[C@@H]1F. The maximum atomic E-state index is 14.9. The number of likely N-dealkylation sites (tertiary alicyclic amines) is 1. The van der Waals surface area contributed by atoms with Crippen LogP contribution < -0.4 is 11.1 Å². The van der Waals surface area contributed by atoms with Crippen molar-refractivity contribution in [3.8, 4) is 11.3 Å². The largest absolute Gasteiger partial charge is 0.444 e. The number of alkyl halides is 4. The smallest absolute Gasteiger partial charge is 0.418 e. The van der Waals surface area contributed by atoms with Crippen LogP contribution >= 0.6 is 0 Å². The van der Waals surface area contributed by atoms with Crippen molar-refractivity contribution < 1.29 is 36.3 Å². The highest BCUT2D eigenvalue weighted by atomic mass is 19.4. The van der Waals surface area contributed by atoms with E-state index in [0.717, 1.165) is 27.9 Å². The molecule has 0 spiro atoms. The van der Waals surface area contributed by atoms with E-state index in [1.165, 1.54) is 13.0 Å². The zero-order valence-electron chi connectivity index (χ0n) is 20.9. The fraction of sp³-hybridized carbons (Fsp3) is 0.417. The van der Waals surface area contributed by atoms with Gasteiger partial charge in [-0.1, -0.05) is 0 Å². The fourth-order valence-electron chi connectivity index (χ4n) is 4.17. The minimum atomic E-state index is -4.82. The Labute approximate surface area is 213 Å². The number of fused-ring (bicyclic) bond motifs is 1. The van der Waals surface area contributed by atoms with Crippen LogP contribution in [0.2, 0.25) is 0 Å². The average molecular weight is 540 g/mol. The predicted molar refractivity (Wildman–Crippen MR) is 126 cm³/mol. The molecule has 2 atom stereocenters. The Hall–Kier alpha value is -3.97. The highest BCUT2D eigenvalue weighted by Crippen LogP contribution is 2.39. The Kier molecular flexibility index (Phi) is 6.70. The first-order valence-corrected chi connectivity index (χ1v) is 11.5. The average Bonchev–Trinajstić information content (AvgIpc) is 3.36. The van der Waals surface area contributed by atoms with Gasteiger partial charge in [0, 0.05) is 17.7 Å². The maximum absolute atomic E-state index is 14.9. The first-order valence-electron chi connectivity index (χ1n) is 11.5. The number of carbonyl (C=O) groups excluding carboxylic acids is 2. The predicted octanol–water partition coefficient (Wildman–Crippen LogP) is 4.13. The summed E-state index contributed by atoms with van der Waals surface area (Å²) in [5, 5.41) is 6.28. The molecule has 0 radical (unpaired) electrons. The molecule has 0 saturated carbocycles. The second kappa shape index (κ2) is 9.40. The van der Waals surface area contributed by atoms with E-state index < -0.39 is 58.7 Å². The van der Waals surface area contributed by atoms with Crippen LogP contribution in [0.3, 0.4) is 0 Å². The molecule has 2 amide bonds. The number of aromatic nitrogens is 3. The van der Waals surface area contributed by atoms with Gasteiger partial charge in [-0.15, -0.1) is 0 Å². The lowest BCUT2D eigenvalue weighted by molar-refractivity contribution is -0.136. The van der Waals surface area contributed by atoms with Gasteiger partial charge in [-0.25, -0.2) is 23.1 Å². The van der Waals surface area contributed by atoms with Crippen LogP contribution in [0.15, 0.2) is 24.5 Å². The van der Waals surface area contributed by atoms with Gasteiger partial charge in [-0.05, 0) is 51.5 Å². The molecule has 1 aliphatic rings. The molecular weight excluding hydrogens is 515 g/mol. The summed E-state index contributed by atoms with van der Waals surface area (Å²) in [6.07, 6.45) is -6.24. The van der Waals surface area contributed by atoms with Crippen molar-refractivity contribution in [3.63, 3.8) is 0 Å². The fourth-order valence-corrected chi connectivity index (χ4v) is 4.17. The number of benzene rings is 1. The molecule has 0 aliphatic carbocycles. The molecule has 3 heterocycles. The van der Waals surface area contributed by atoms with E-state index in [9.17, 15) is 31.5 Å². The number of rotatable bonds is 3. The number of hydrogen-bond donors (Lipinski definition) is 2. The van der Waals surface area contributed by atoms with Crippen molar-refractivity contribution in [2.24, 2.45) is 0 Å². The summed E-state index contributed by atoms with van der Waals surface area (Å²) in [6, 6.07) is 1.77. The van der Waals surface area contributed by atoms with Crippen LogP contribution in [0.4, 0.5) is 32.6 Å². The third-order valence-corrected chi connectivity index (χ3v) is 5.99. The molecule has 3 aromatic rings. The Morgan fingerprint density at radius 2 is 1.84 bits per heavy atom. The van der Waals surface area contributed by atoms with Crippen LogP contribution in [-0.2, 0) is 10.9 Å². The van der Waals surface area contributed by atoms with Gasteiger partial charge in [0.1, 0.15) is 29.4 Å². The highest BCUT2D eigenvalue weighted by Gasteiger charge is 2.39. The van der Waals surface area contributed by atoms with E-state index in [4.69, 9.17) is 10.5 Å². The van der Waals surface area contributed by atoms with Gasteiger partial charge in [-0.2, -0.15) is 18.3 Å². The van der Waals surface area contributed by atoms with Gasteiger partial charge in [0.15, 0.2) is 5.82 Å². The summed E-state index contributed by atoms with van der Waals surface area (Å²) in [5.74, 6) is -2.18. The number of nitrogens with two attached hydrogens (primary N) is 1. The van der Waals surface area contributed by atoms with E-state index in [0.29, 0.717) is 0 Å². The normalized spacial score (nSPS) is 18.2. The molecule has 1 saturated heterocycles. The first kappa shape index (κ1) is 27.1. The Bertz CT molecular complexity index is 1420. The van der Waals surface area contributed by atoms with Crippen LogP contribution in [0.25, 0.3) is 16.8 Å². The van der Waals surface area contributed by atoms with Crippen LogP contribution in [0.5, 0.6) is 0 Å². The van der Waals surface area contributed by atoms with Gasteiger partial charge in [0.05, 0.1) is 23.8 Å². The molecular formula is C24H25F5N6O3. The Morgan fingerprint density at radius 1 is 1.16 bits per heavy atom. The Balaban J connectivity index is 1.66. The molecule has 1 fully saturated rings. The lowest BCUT2D eigenvalue weighted by atomic mass is 10.0. The van der Waals surface area contributed by atoms with Crippen molar-refractivity contribution >= 4 is 23.3 Å². The molecule has 2 aromatic heterocycles.